The van der Waals surface area contributed by atoms with E-state index in [1.165, 1.54) is 5.56 Å². The van der Waals surface area contributed by atoms with Crippen molar-refractivity contribution in [3.8, 4) is 0 Å². The van der Waals surface area contributed by atoms with E-state index in [1.807, 2.05) is 72.8 Å². The SMILES string of the molecule is O=C(c1ccccc1)c1cccc(NC/C=C/c2ccccc2)c1. The van der Waals surface area contributed by atoms with Crippen molar-refractivity contribution in [1.29, 1.82) is 0 Å². The second kappa shape index (κ2) is 7.93. The molecule has 0 spiro atoms. The van der Waals surface area contributed by atoms with Crippen molar-refractivity contribution in [2.45, 2.75) is 0 Å². The van der Waals surface area contributed by atoms with E-state index in [1.54, 1.807) is 0 Å². The molecule has 3 rings (SSSR count). The van der Waals surface area contributed by atoms with E-state index in [0.717, 1.165) is 5.69 Å². The summed E-state index contributed by atoms with van der Waals surface area (Å²) < 4.78 is 0. The molecule has 0 aliphatic rings. The molecule has 0 aliphatic heterocycles. The molecule has 0 fully saturated rings. The van der Waals surface area contributed by atoms with Gasteiger partial charge in [-0.25, -0.2) is 0 Å². The van der Waals surface area contributed by atoms with Crippen LogP contribution in [0.1, 0.15) is 21.5 Å². The zero-order valence-corrected chi connectivity index (χ0v) is 13.4. The predicted molar refractivity (Wildman–Crippen MR) is 100 cm³/mol. The maximum absolute atomic E-state index is 12.5. The van der Waals surface area contributed by atoms with Crippen LogP contribution in [-0.4, -0.2) is 12.3 Å². The number of ketones is 1. The molecule has 3 aromatic carbocycles. The number of benzene rings is 3. The van der Waals surface area contributed by atoms with Gasteiger partial charge in [0.25, 0.3) is 0 Å². The van der Waals surface area contributed by atoms with Gasteiger partial charge in [-0.1, -0.05) is 84.9 Å². The van der Waals surface area contributed by atoms with E-state index < -0.39 is 0 Å². The van der Waals surface area contributed by atoms with Crippen LogP contribution >= 0.6 is 0 Å². The molecule has 0 heterocycles. The summed E-state index contributed by atoms with van der Waals surface area (Å²) in [4.78, 5) is 12.5. The lowest BCUT2D eigenvalue weighted by atomic mass is 10.0. The van der Waals surface area contributed by atoms with Crippen molar-refractivity contribution < 1.29 is 4.79 Å². The van der Waals surface area contributed by atoms with Gasteiger partial charge in [0, 0.05) is 23.4 Å². The average molecular weight is 313 g/mol. The van der Waals surface area contributed by atoms with Crippen LogP contribution in [0.15, 0.2) is 91.0 Å². The second-order valence-corrected chi connectivity index (χ2v) is 5.47. The van der Waals surface area contributed by atoms with Gasteiger partial charge in [0.1, 0.15) is 0 Å². The van der Waals surface area contributed by atoms with Gasteiger partial charge in [-0.3, -0.25) is 4.79 Å². The van der Waals surface area contributed by atoms with Gasteiger partial charge in [-0.2, -0.15) is 0 Å². The fourth-order valence-electron chi connectivity index (χ4n) is 2.46. The standard InChI is InChI=1S/C22H19NO/c24-22(19-12-5-2-6-13-19)20-14-7-15-21(17-20)23-16-8-11-18-9-3-1-4-10-18/h1-15,17,23H,16H2/b11-8+. The average Bonchev–Trinajstić information content (AvgIpc) is 2.66. The molecular weight excluding hydrogens is 294 g/mol. The molecule has 0 bridgehead atoms. The van der Waals surface area contributed by atoms with Gasteiger partial charge in [0.15, 0.2) is 5.78 Å². The molecule has 0 radical (unpaired) electrons. The van der Waals surface area contributed by atoms with E-state index in [4.69, 9.17) is 0 Å². The minimum absolute atomic E-state index is 0.0408. The van der Waals surface area contributed by atoms with Crippen LogP contribution in [0.25, 0.3) is 6.08 Å². The Labute approximate surface area is 142 Å². The van der Waals surface area contributed by atoms with Crippen molar-refractivity contribution in [3.05, 3.63) is 108 Å². The van der Waals surface area contributed by atoms with Crippen LogP contribution in [0.4, 0.5) is 5.69 Å². The quantitative estimate of drug-likeness (QED) is 0.646. The van der Waals surface area contributed by atoms with Gasteiger partial charge in [0.05, 0.1) is 0 Å². The smallest absolute Gasteiger partial charge is 0.193 e. The van der Waals surface area contributed by atoms with Gasteiger partial charge < -0.3 is 5.32 Å². The molecule has 0 amide bonds. The summed E-state index contributed by atoms with van der Waals surface area (Å²) in [6.07, 6.45) is 4.15. The van der Waals surface area contributed by atoms with E-state index >= 15 is 0 Å². The van der Waals surface area contributed by atoms with Crippen molar-refractivity contribution in [2.75, 3.05) is 11.9 Å². The van der Waals surface area contributed by atoms with E-state index in [0.29, 0.717) is 17.7 Å². The van der Waals surface area contributed by atoms with Crippen molar-refractivity contribution in [1.82, 2.24) is 0 Å². The number of anilines is 1. The fourth-order valence-corrected chi connectivity index (χ4v) is 2.46. The number of carbonyl (C=O) groups excluding carboxylic acids is 1. The summed E-state index contributed by atoms with van der Waals surface area (Å²) in [5.41, 5.74) is 3.51. The Balaban J connectivity index is 1.63. The molecule has 118 valence electrons. The molecule has 0 atom stereocenters. The highest BCUT2D eigenvalue weighted by molar-refractivity contribution is 6.09. The lowest BCUT2D eigenvalue weighted by molar-refractivity contribution is 0.103. The van der Waals surface area contributed by atoms with Gasteiger partial charge >= 0.3 is 0 Å². The third-order valence-corrected chi connectivity index (χ3v) is 3.69. The maximum atomic E-state index is 12.5. The molecule has 1 N–H and O–H groups in total. The number of rotatable bonds is 6. The lowest BCUT2D eigenvalue weighted by Crippen LogP contribution is -2.03. The topological polar surface area (TPSA) is 29.1 Å². The third kappa shape index (κ3) is 4.20. The van der Waals surface area contributed by atoms with E-state index in [-0.39, 0.29) is 5.78 Å². The van der Waals surface area contributed by atoms with E-state index in [9.17, 15) is 4.79 Å². The molecule has 0 saturated carbocycles. The summed E-state index contributed by atoms with van der Waals surface area (Å²) in [5, 5.41) is 3.32. The zero-order valence-electron chi connectivity index (χ0n) is 13.4. The van der Waals surface area contributed by atoms with Crippen LogP contribution in [0.3, 0.4) is 0 Å². The van der Waals surface area contributed by atoms with Crippen LogP contribution in [0.2, 0.25) is 0 Å². The van der Waals surface area contributed by atoms with Crippen molar-refractivity contribution >= 4 is 17.5 Å². The predicted octanol–water partition coefficient (Wildman–Crippen LogP) is 5.04. The zero-order chi connectivity index (χ0) is 16.6. The van der Waals surface area contributed by atoms with E-state index in [2.05, 4.69) is 29.6 Å². The fraction of sp³-hybridized carbons (Fsp3) is 0.0455. The summed E-state index contributed by atoms with van der Waals surface area (Å²) >= 11 is 0. The number of hydrogen-bond acceptors (Lipinski definition) is 2. The number of hydrogen-bond donors (Lipinski definition) is 1. The summed E-state index contributed by atoms with van der Waals surface area (Å²) in [5.74, 6) is 0.0408. The van der Waals surface area contributed by atoms with Gasteiger partial charge in [-0.05, 0) is 17.7 Å². The highest BCUT2D eigenvalue weighted by Crippen LogP contribution is 2.15. The van der Waals surface area contributed by atoms with Gasteiger partial charge in [-0.15, -0.1) is 0 Å². The van der Waals surface area contributed by atoms with Crippen LogP contribution in [0, 0.1) is 0 Å². The molecule has 3 aromatic rings. The second-order valence-electron chi connectivity index (χ2n) is 5.47. The first-order valence-electron chi connectivity index (χ1n) is 7.98. The highest BCUT2D eigenvalue weighted by atomic mass is 16.1. The molecule has 24 heavy (non-hydrogen) atoms. The minimum atomic E-state index is 0.0408. The third-order valence-electron chi connectivity index (χ3n) is 3.69. The molecular formula is C22H19NO. The number of carbonyl (C=O) groups is 1. The monoisotopic (exact) mass is 313 g/mol. The minimum Gasteiger partial charge on any atom is -0.382 e. The van der Waals surface area contributed by atoms with Crippen LogP contribution in [-0.2, 0) is 0 Å². The normalized spacial score (nSPS) is 10.7. The first-order chi connectivity index (χ1) is 11.8. The Hall–Kier alpha value is -3.13. The molecule has 0 unspecified atom stereocenters. The molecule has 2 heteroatoms. The summed E-state index contributed by atoms with van der Waals surface area (Å²) in [6.45, 7) is 0.706. The van der Waals surface area contributed by atoms with Crippen LogP contribution in [0.5, 0.6) is 0 Å². The Morgan fingerprint density at radius 1 is 0.792 bits per heavy atom. The summed E-state index contributed by atoms with van der Waals surface area (Å²) in [7, 11) is 0. The Morgan fingerprint density at radius 2 is 1.46 bits per heavy atom. The first kappa shape index (κ1) is 15.8. The Bertz CT molecular complexity index is 823. The maximum Gasteiger partial charge on any atom is 0.193 e. The molecule has 0 aromatic heterocycles. The van der Waals surface area contributed by atoms with Crippen molar-refractivity contribution in [2.24, 2.45) is 0 Å². The number of nitrogens with one attached hydrogen (secondary N) is 1. The lowest BCUT2D eigenvalue weighted by Gasteiger charge is -2.06. The first-order valence-corrected chi connectivity index (χ1v) is 7.98. The molecule has 2 nitrogen and oxygen atoms in total. The van der Waals surface area contributed by atoms with Crippen molar-refractivity contribution in [3.63, 3.8) is 0 Å². The largest absolute Gasteiger partial charge is 0.382 e. The summed E-state index contributed by atoms with van der Waals surface area (Å²) in [6, 6.07) is 27.1. The van der Waals surface area contributed by atoms with Crippen LogP contribution < -0.4 is 5.32 Å². The Kier molecular flexibility index (Phi) is 5.21. The Morgan fingerprint density at radius 3 is 2.21 bits per heavy atom. The molecule has 0 aliphatic carbocycles. The highest BCUT2D eigenvalue weighted by Gasteiger charge is 2.08. The molecule has 0 saturated heterocycles. The van der Waals surface area contributed by atoms with Gasteiger partial charge in [0.2, 0.25) is 0 Å².